The minimum Gasteiger partial charge on any atom is -0.322 e. The number of rotatable bonds is 3. The zero-order chi connectivity index (χ0) is 9.84. The van der Waals surface area contributed by atoms with Crippen LogP contribution >= 0.6 is 0 Å². The summed E-state index contributed by atoms with van der Waals surface area (Å²) >= 11 is 0. The van der Waals surface area contributed by atoms with Gasteiger partial charge < -0.3 is 5.73 Å². The van der Waals surface area contributed by atoms with Gasteiger partial charge in [-0.2, -0.15) is 0 Å². The second kappa shape index (κ2) is 4.38. The van der Waals surface area contributed by atoms with Gasteiger partial charge in [0.25, 0.3) is 0 Å². The zero-order valence-corrected chi connectivity index (χ0v) is 8.13. The maximum absolute atomic E-state index is 12.3. The second-order valence-corrected chi connectivity index (χ2v) is 3.59. The van der Waals surface area contributed by atoms with Crippen LogP contribution in [0.15, 0.2) is 24.3 Å². The van der Waals surface area contributed by atoms with Crippen molar-refractivity contribution in [3.63, 3.8) is 0 Å². The molecule has 0 fully saturated rings. The van der Waals surface area contributed by atoms with Crippen molar-refractivity contribution in [3.05, 3.63) is 35.4 Å². The molecule has 1 nitrogen and oxygen atoms in total. The SMILES string of the molecule is CC(C)c1cccc([C@H](N)CF)c1. The molecule has 0 amide bonds. The number of halogens is 1. The molecule has 0 saturated heterocycles. The van der Waals surface area contributed by atoms with Crippen LogP contribution in [0, 0.1) is 0 Å². The zero-order valence-electron chi connectivity index (χ0n) is 8.13. The molecule has 1 aromatic rings. The Labute approximate surface area is 78.8 Å². The second-order valence-electron chi connectivity index (χ2n) is 3.59. The van der Waals surface area contributed by atoms with Crippen LogP contribution in [-0.2, 0) is 0 Å². The van der Waals surface area contributed by atoms with E-state index in [1.807, 2.05) is 24.3 Å². The number of benzene rings is 1. The fourth-order valence-electron chi connectivity index (χ4n) is 1.24. The fourth-order valence-corrected chi connectivity index (χ4v) is 1.24. The summed E-state index contributed by atoms with van der Waals surface area (Å²) in [5.74, 6) is 0.465. The summed E-state index contributed by atoms with van der Waals surface area (Å²) in [4.78, 5) is 0. The molecule has 0 radical (unpaired) electrons. The molecule has 0 aliphatic heterocycles. The van der Waals surface area contributed by atoms with E-state index >= 15 is 0 Å². The van der Waals surface area contributed by atoms with E-state index in [1.54, 1.807) is 0 Å². The van der Waals surface area contributed by atoms with Crippen molar-refractivity contribution >= 4 is 0 Å². The Bertz CT molecular complexity index is 271. The maximum atomic E-state index is 12.3. The van der Waals surface area contributed by atoms with Gasteiger partial charge in [0, 0.05) is 0 Å². The van der Waals surface area contributed by atoms with Crippen LogP contribution in [0.4, 0.5) is 4.39 Å². The monoisotopic (exact) mass is 181 g/mol. The Hall–Kier alpha value is -0.890. The first-order valence-corrected chi connectivity index (χ1v) is 4.56. The van der Waals surface area contributed by atoms with E-state index in [9.17, 15) is 4.39 Å². The molecule has 0 aliphatic carbocycles. The van der Waals surface area contributed by atoms with Crippen LogP contribution in [0.5, 0.6) is 0 Å². The first kappa shape index (κ1) is 10.2. The largest absolute Gasteiger partial charge is 0.322 e. The third-order valence-corrected chi connectivity index (χ3v) is 2.17. The van der Waals surface area contributed by atoms with Crippen LogP contribution in [-0.4, -0.2) is 6.67 Å². The number of hydrogen-bond donors (Lipinski definition) is 1. The summed E-state index contributed by atoms with van der Waals surface area (Å²) in [6, 6.07) is 7.35. The number of nitrogens with two attached hydrogens (primary N) is 1. The van der Waals surface area contributed by atoms with E-state index in [2.05, 4.69) is 13.8 Å². The molecule has 0 bridgehead atoms. The molecule has 2 heteroatoms. The summed E-state index contributed by atoms with van der Waals surface area (Å²) in [7, 11) is 0. The Kier molecular flexibility index (Phi) is 3.43. The molecule has 1 rings (SSSR count). The Morgan fingerprint density at radius 2 is 1.92 bits per heavy atom. The van der Waals surface area contributed by atoms with E-state index in [1.165, 1.54) is 5.56 Å². The third kappa shape index (κ3) is 2.52. The highest BCUT2D eigenvalue weighted by Crippen LogP contribution is 2.18. The lowest BCUT2D eigenvalue weighted by Gasteiger charge is -2.11. The van der Waals surface area contributed by atoms with Crippen LogP contribution in [0.2, 0.25) is 0 Å². The fraction of sp³-hybridized carbons (Fsp3) is 0.455. The van der Waals surface area contributed by atoms with Crippen molar-refractivity contribution in [2.24, 2.45) is 5.73 Å². The van der Waals surface area contributed by atoms with Crippen LogP contribution in [0.3, 0.4) is 0 Å². The van der Waals surface area contributed by atoms with Crippen molar-refractivity contribution in [1.82, 2.24) is 0 Å². The molecular weight excluding hydrogens is 165 g/mol. The molecule has 0 unspecified atom stereocenters. The summed E-state index contributed by atoms with van der Waals surface area (Å²) in [5, 5.41) is 0. The smallest absolute Gasteiger partial charge is 0.109 e. The van der Waals surface area contributed by atoms with Crippen molar-refractivity contribution in [3.8, 4) is 0 Å². The van der Waals surface area contributed by atoms with Gasteiger partial charge in [0.05, 0.1) is 6.04 Å². The molecule has 0 aliphatic rings. The topological polar surface area (TPSA) is 26.0 Å². The lowest BCUT2D eigenvalue weighted by Crippen LogP contribution is -2.12. The van der Waals surface area contributed by atoms with Crippen molar-refractivity contribution in [1.29, 1.82) is 0 Å². The Morgan fingerprint density at radius 1 is 1.31 bits per heavy atom. The van der Waals surface area contributed by atoms with E-state index in [-0.39, 0.29) is 0 Å². The minimum atomic E-state index is -0.498. The van der Waals surface area contributed by atoms with Crippen LogP contribution in [0.1, 0.15) is 36.9 Å². The van der Waals surface area contributed by atoms with Gasteiger partial charge in [-0.15, -0.1) is 0 Å². The quantitative estimate of drug-likeness (QED) is 0.762. The predicted molar refractivity (Wildman–Crippen MR) is 53.4 cm³/mol. The first-order valence-electron chi connectivity index (χ1n) is 4.56. The van der Waals surface area contributed by atoms with Crippen molar-refractivity contribution < 1.29 is 4.39 Å². The van der Waals surface area contributed by atoms with E-state index in [4.69, 9.17) is 5.73 Å². The van der Waals surface area contributed by atoms with E-state index in [0.717, 1.165) is 5.56 Å². The van der Waals surface area contributed by atoms with Gasteiger partial charge >= 0.3 is 0 Å². The van der Waals surface area contributed by atoms with Gasteiger partial charge in [0.15, 0.2) is 0 Å². The minimum absolute atomic E-state index is 0.465. The van der Waals surface area contributed by atoms with Gasteiger partial charge in [-0.05, 0) is 17.0 Å². The van der Waals surface area contributed by atoms with E-state index < -0.39 is 12.7 Å². The summed E-state index contributed by atoms with van der Waals surface area (Å²) < 4.78 is 12.3. The summed E-state index contributed by atoms with van der Waals surface area (Å²) in [6.07, 6.45) is 0. The highest BCUT2D eigenvalue weighted by Gasteiger charge is 2.06. The van der Waals surface area contributed by atoms with Gasteiger partial charge in [-0.3, -0.25) is 0 Å². The van der Waals surface area contributed by atoms with Gasteiger partial charge in [-0.25, -0.2) is 4.39 Å². The highest BCUT2D eigenvalue weighted by atomic mass is 19.1. The molecule has 72 valence electrons. The molecule has 1 aromatic carbocycles. The Morgan fingerprint density at radius 3 is 2.46 bits per heavy atom. The molecule has 2 N–H and O–H groups in total. The first-order chi connectivity index (χ1) is 6.15. The number of hydrogen-bond acceptors (Lipinski definition) is 1. The molecule has 0 spiro atoms. The van der Waals surface area contributed by atoms with Gasteiger partial charge in [-0.1, -0.05) is 38.1 Å². The van der Waals surface area contributed by atoms with E-state index in [0.29, 0.717) is 5.92 Å². The lowest BCUT2D eigenvalue weighted by molar-refractivity contribution is 0.437. The Balaban J connectivity index is 2.91. The summed E-state index contributed by atoms with van der Waals surface area (Å²) in [5.41, 5.74) is 7.68. The standard InChI is InChI=1S/C11H16FN/c1-8(2)9-4-3-5-10(6-9)11(13)7-12/h3-6,8,11H,7,13H2,1-2H3/t11-/m1/s1. The molecule has 1 atom stereocenters. The molecule has 0 aromatic heterocycles. The maximum Gasteiger partial charge on any atom is 0.109 e. The van der Waals surface area contributed by atoms with Crippen LogP contribution in [0.25, 0.3) is 0 Å². The normalized spacial score (nSPS) is 13.3. The average molecular weight is 181 g/mol. The molecule has 13 heavy (non-hydrogen) atoms. The average Bonchev–Trinajstić information content (AvgIpc) is 2.17. The van der Waals surface area contributed by atoms with Gasteiger partial charge in [0.2, 0.25) is 0 Å². The van der Waals surface area contributed by atoms with Crippen molar-refractivity contribution in [2.45, 2.75) is 25.8 Å². The van der Waals surface area contributed by atoms with Gasteiger partial charge in [0.1, 0.15) is 6.67 Å². The van der Waals surface area contributed by atoms with Crippen LogP contribution < -0.4 is 5.73 Å². The molecule has 0 heterocycles. The number of alkyl halides is 1. The third-order valence-electron chi connectivity index (χ3n) is 2.17. The lowest BCUT2D eigenvalue weighted by atomic mass is 9.98. The highest BCUT2D eigenvalue weighted by molar-refractivity contribution is 5.27. The van der Waals surface area contributed by atoms with Crippen molar-refractivity contribution in [2.75, 3.05) is 6.67 Å². The molecular formula is C11H16FN. The predicted octanol–water partition coefficient (Wildman–Crippen LogP) is 2.78. The summed E-state index contributed by atoms with van der Waals surface area (Å²) in [6.45, 7) is 3.72. The molecule has 0 saturated carbocycles.